The molecule has 0 heterocycles. The topological polar surface area (TPSA) is 47.6 Å². The second-order valence-corrected chi connectivity index (χ2v) is 4.65. The van der Waals surface area contributed by atoms with Gasteiger partial charge in [-0.2, -0.15) is 0 Å². The van der Waals surface area contributed by atoms with Gasteiger partial charge in [0.25, 0.3) is 0 Å². The average Bonchev–Trinajstić information content (AvgIpc) is 2.38. The summed E-state index contributed by atoms with van der Waals surface area (Å²) in [6, 6.07) is 8.11. The maximum atomic E-state index is 11.3. The lowest BCUT2D eigenvalue weighted by Gasteiger charge is -2.15. The molecule has 0 fully saturated rings. The van der Waals surface area contributed by atoms with Crippen LogP contribution in [0.25, 0.3) is 0 Å². The number of benzene rings is 1. The summed E-state index contributed by atoms with van der Waals surface area (Å²) in [5.41, 5.74) is 1.21. The minimum Gasteiger partial charge on any atom is -0.482 e. The summed E-state index contributed by atoms with van der Waals surface area (Å²) in [5, 5.41) is 3.24. The molecule has 0 saturated heterocycles. The largest absolute Gasteiger partial charge is 0.482 e. The molecule has 1 atom stereocenters. The molecule has 1 aromatic carbocycles. The summed E-state index contributed by atoms with van der Waals surface area (Å²) < 4.78 is 10.4. The molecule has 1 rings (SSSR count). The van der Waals surface area contributed by atoms with E-state index in [1.54, 1.807) is 0 Å². The molecule has 19 heavy (non-hydrogen) atoms. The predicted octanol–water partition coefficient (Wildman–Crippen LogP) is 2.69. The zero-order valence-electron chi connectivity index (χ0n) is 12.1. The summed E-state index contributed by atoms with van der Waals surface area (Å²) in [6.45, 7) is 5.71. The zero-order valence-corrected chi connectivity index (χ0v) is 12.1. The normalized spacial score (nSPS) is 12.3. The molecule has 4 heteroatoms. The van der Waals surface area contributed by atoms with E-state index in [1.807, 2.05) is 45.2 Å². The Kier molecular flexibility index (Phi) is 6.36. The third kappa shape index (κ3) is 5.30. The molecule has 0 aliphatic heterocycles. The monoisotopic (exact) mass is 265 g/mol. The Morgan fingerprint density at radius 2 is 1.89 bits per heavy atom. The van der Waals surface area contributed by atoms with Crippen molar-refractivity contribution in [1.82, 2.24) is 5.32 Å². The van der Waals surface area contributed by atoms with Gasteiger partial charge in [-0.05, 0) is 45.0 Å². The molecule has 0 bridgehead atoms. The van der Waals surface area contributed by atoms with E-state index < -0.39 is 0 Å². The van der Waals surface area contributed by atoms with Crippen LogP contribution < -0.4 is 10.1 Å². The number of nitrogens with one attached hydrogen (secondary N) is 1. The SMILES string of the molecule is CCC(NC)c1ccc(OCC(=O)OC(C)C)cc1. The van der Waals surface area contributed by atoms with Gasteiger partial charge in [-0.1, -0.05) is 19.1 Å². The number of carbonyl (C=O) groups excluding carboxylic acids is 1. The van der Waals surface area contributed by atoms with Gasteiger partial charge < -0.3 is 14.8 Å². The van der Waals surface area contributed by atoms with Gasteiger partial charge in [0.2, 0.25) is 0 Å². The van der Waals surface area contributed by atoms with E-state index in [-0.39, 0.29) is 18.7 Å². The first-order chi connectivity index (χ1) is 9.06. The lowest BCUT2D eigenvalue weighted by atomic mass is 10.1. The van der Waals surface area contributed by atoms with E-state index in [1.165, 1.54) is 5.56 Å². The van der Waals surface area contributed by atoms with Crippen LogP contribution in [0.4, 0.5) is 0 Å². The van der Waals surface area contributed by atoms with E-state index in [0.717, 1.165) is 6.42 Å². The second kappa shape index (κ2) is 7.79. The quantitative estimate of drug-likeness (QED) is 0.770. The third-order valence-electron chi connectivity index (χ3n) is 2.76. The number of hydrogen-bond acceptors (Lipinski definition) is 4. The molecule has 0 saturated carbocycles. The maximum Gasteiger partial charge on any atom is 0.344 e. The molecule has 4 nitrogen and oxygen atoms in total. The standard InChI is InChI=1S/C15H23NO3/c1-5-14(16-4)12-6-8-13(9-7-12)18-10-15(17)19-11(2)3/h6-9,11,14,16H,5,10H2,1-4H3. The van der Waals surface area contributed by atoms with Crippen LogP contribution >= 0.6 is 0 Å². The predicted molar refractivity (Wildman–Crippen MR) is 75.3 cm³/mol. The number of carbonyl (C=O) groups is 1. The molecule has 1 N–H and O–H groups in total. The second-order valence-electron chi connectivity index (χ2n) is 4.65. The van der Waals surface area contributed by atoms with Gasteiger partial charge in [-0.15, -0.1) is 0 Å². The fraction of sp³-hybridized carbons (Fsp3) is 0.533. The molecule has 0 amide bonds. The Bertz CT molecular complexity index is 383. The first kappa shape index (κ1) is 15.5. The van der Waals surface area contributed by atoms with Gasteiger partial charge in [0.15, 0.2) is 6.61 Å². The molecule has 106 valence electrons. The van der Waals surface area contributed by atoms with Crippen molar-refractivity contribution in [3.8, 4) is 5.75 Å². The number of esters is 1. The van der Waals surface area contributed by atoms with Crippen LogP contribution in [0.5, 0.6) is 5.75 Å². The van der Waals surface area contributed by atoms with E-state index in [4.69, 9.17) is 9.47 Å². The minimum absolute atomic E-state index is 0.0548. The first-order valence-electron chi connectivity index (χ1n) is 6.66. The Morgan fingerprint density at radius 3 is 2.37 bits per heavy atom. The van der Waals surface area contributed by atoms with E-state index in [2.05, 4.69) is 12.2 Å². The molecule has 1 aromatic rings. The van der Waals surface area contributed by atoms with Crippen LogP contribution in [0.2, 0.25) is 0 Å². The van der Waals surface area contributed by atoms with Crippen molar-refractivity contribution in [1.29, 1.82) is 0 Å². The summed E-state index contributed by atoms with van der Waals surface area (Å²) in [6.07, 6.45) is 0.914. The van der Waals surface area contributed by atoms with E-state index >= 15 is 0 Å². The zero-order chi connectivity index (χ0) is 14.3. The van der Waals surface area contributed by atoms with Crippen molar-refractivity contribution in [2.45, 2.75) is 39.3 Å². The highest BCUT2D eigenvalue weighted by atomic mass is 16.6. The van der Waals surface area contributed by atoms with Crippen molar-refractivity contribution in [3.63, 3.8) is 0 Å². The van der Waals surface area contributed by atoms with Crippen molar-refractivity contribution >= 4 is 5.97 Å². The van der Waals surface area contributed by atoms with Crippen LogP contribution in [-0.2, 0) is 9.53 Å². The highest BCUT2D eigenvalue weighted by molar-refractivity contribution is 5.71. The summed E-state index contributed by atoms with van der Waals surface area (Å²) in [5.74, 6) is 0.330. The van der Waals surface area contributed by atoms with Crippen LogP contribution in [0, 0.1) is 0 Å². The van der Waals surface area contributed by atoms with Crippen molar-refractivity contribution in [3.05, 3.63) is 29.8 Å². The lowest BCUT2D eigenvalue weighted by Crippen LogP contribution is -2.18. The Hall–Kier alpha value is -1.55. The van der Waals surface area contributed by atoms with E-state index in [0.29, 0.717) is 11.8 Å². The lowest BCUT2D eigenvalue weighted by molar-refractivity contribution is -0.149. The Labute approximate surface area is 115 Å². The highest BCUT2D eigenvalue weighted by Crippen LogP contribution is 2.19. The van der Waals surface area contributed by atoms with Crippen LogP contribution in [0.15, 0.2) is 24.3 Å². The van der Waals surface area contributed by atoms with Crippen LogP contribution in [-0.4, -0.2) is 25.7 Å². The van der Waals surface area contributed by atoms with Crippen LogP contribution in [0.1, 0.15) is 38.8 Å². The highest BCUT2D eigenvalue weighted by Gasteiger charge is 2.08. The average molecular weight is 265 g/mol. The van der Waals surface area contributed by atoms with Gasteiger partial charge >= 0.3 is 5.97 Å². The number of ether oxygens (including phenoxy) is 2. The molecule has 1 unspecified atom stereocenters. The molecule has 0 aliphatic carbocycles. The fourth-order valence-corrected chi connectivity index (χ4v) is 1.84. The van der Waals surface area contributed by atoms with Gasteiger partial charge in [0.1, 0.15) is 5.75 Å². The van der Waals surface area contributed by atoms with Gasteiger partial charge in [0.05, 0.1) is 6.10 Å². The smallest absolute Gasteiger partial charge is 0.344 e. The van der Waals surface area contributed by atoms with Gasteiger partial charge in [0, 0.05) is 6.04 Å². The van der Waals surface area contributed by atoms with Crippen LogP contribution in [0.3, 0.4) is 0 Å². The molecule has 0 radical (unpaired) electrons. The maximum absolute atomic E-state index is 11.3. The minimum atomic E-state index is -0.347. The van der Waals surface area contributed by atoms with Gasteiger partial charge in [-0.3, -0.25) is 0 Å². The van der Waals surface area contributed by atoms with Crippen molar-refractivity contribution < 1.29 is 14.3 Å². The molecular weight excluding hydrogens is 242 g/mol. The van der Waals surface area contributed by atoms with Crippen molar-refractivity contribution in [2.24, 2.45) is 0 Å². The van der Waals surface area contributed by atoms with E-state index in [9.17, 15) is 4.79 Å². The number of hydrogen-bond donors (Lipinski definition) is 1. The molecular formula is C15H23NO3. The summed E-state index contributed by atoms with van der Waals surface area (Å²) >= 11 is 0. The fourth-order valence-electron chi connectivity index (χ4n) is 1.84. The Morgan fingerprint density at radius 1 is 1.26 bits per heavy atom. The molecule has 0 spiro atoms. The first-order valence-corrected chi connectivity index (χ1v) is 6.66. The number of rotatable bonds is 7. The Balaban J connectivity index is 2.50. The summed E-state index contributed by atoms with van der Waals surface area (Å²) in [4.78, 5) is 11.3. The molecule has 0 aliphatic rings. The molecule has 0 aromatic heterocycles. The summed E-state index contributed by atoms with van der Waals surface area (Å²) in [7, 11) is 1.94. The van der Waals surface area contributed by atoms with Gasteiger partial charge in [-0.25, -0.2) is 4.79 Å². The van der Waals surface area contributed by atoms with Crippen molar-refractivity contribution in [2.75, 3.05) is 13.7 Å². The third-order valence-corrected chi connectivity index (χ3v) is 2.76.